The second kappa shape index (κ2) is 15.5. The molecule has 0 bridgehead atoms. The third-order valence-corrected chi connectivity index (χ3v) is 9.31. The van der Waals surface area contributed by atoms with Gasteiger partial charge in [-0.3, -0.25) is 4.99 Å². The van der Waals surface area contributed by atoms with Crippen molar-refractivity contribution < 1.29 is 4.74 Å². The molecule has 1 aromatic heterocycles. The van der Waals surface area contributed by atoms with E-state index in [1.807, 2.05) is 57.3 Å². The third-order valence-electron chi connectivity index (χ3n) is 8.09. The van der Waals surface area contributed by atoms with Crippen LogP contribution >= 0.6 is 11.3 Å². The summed E-state index contributed by atoms with van der Waals surface area (Å²) in [6.45, 7) is 16.1. The van der Waals surface area contributed by atoms with Crippen LogP contribution in [0.1, 0.15) is 40.2 Å². The van der Waals surface area contributed by atoms with Crippen molar-refractivity contribution in [1.29, 1.82) is 0 Å². The highest BCUT2D eigenvalue weighted by molar-refractivity contribution is 7.26. The van der Waals surface area contributed by atoms with E-state index in [2.05, 4.69) is 129 Å². The van der Waals surface area contributed by atoms with Crippen molar-refractivity contribution in [3.63, 3.8) is 0 Å². The number of thiophene rings is 1. The molecule has 0 N–H and O–H groups in total. The summed E-state index contributed by atoms with van der Waals surface area (Å²) in [5.41, 5.74) is 7.87. The van der Waals surface area contributed by atoms with Crippen LogP contribution in [0.2, 0.25) is 0 Å². The second-order valence-electron chi connectivity index (χ2n) is 10.8. The maximum absolute atomic E-state index is 6.58. The lowest BCUT2D eigenvalue weighted by Crippen LogP contribution is -2.15. The van der Waals surface area contributed by atoms with E-state index in [-0.39, 0.29) is 6.10 Å². The largest absolute Gasteiger partial charge is 0.486 e. The summed E-state index contributed by atoms with van der Waals surface area (Å²) in [5, 5.41) is 5.11. The summed E-state index contributed by atoms with van der Waals surface area (Å²) in [4.78, 5) is 4.40. The first-order valence-electron chi connectivity index (χ1n) is 16.6. The highest BCUT2D eigenvalue weighted by atomic mass is 32.1. The Bertz CT molecular complexity index is 2140. The number of aryl methyl sites for hydroxylation is 1. The van der Waals surface area contributed by atoms with Crippen LogP contribution in [0.25, 0.3) is 53.2 Å². The summed E-state index contributed by atoms with van der Waals surface area (Å²) in [6, 6.07) is 35.2. The van der Waals surface area contributed by atoms with Gasteiger partial charge in [0.05, 0.1) is 5.70 Å². The fraction of sp³-hybridized carbons (Fsp3) is 0.159. The van der Waals surface area contributed by atoms with Crippen LogP contribution in [0, 0.1) is 6.92 Å². The summed E-state index contributed by atoms with van der Waals surface area (Å²) in [6.07, 6.45) is 11.4. The standard InChI is InChI=1S/C40H31NOS.2C2H6/c1-4-11-28(24-30-12-10-23-41-30)27(3)42-38-25-29(20-19-26(38)2)31-21-22-34(33-14-6-5-13-32(31)33)36-16-9-17-37-35-15-7-8-18-39(35)43-40(36)37;2*1-2/h4-25,27H,1H2,2-3H3;2*1-2H3/b28-11+,30-24-;;. The van der Waals surface area contributed by atoms with Crippen LogP contribution in [-0.4, -0.2) is 12.3 Å². The Kier molecular flexibility index (Phi) is 11.0. The number of ether oxygens (including phenoxy) is 1. The Morgan fingerprint density at radius 1 is 0.766 bits per heavy atom. The highest BCUT2D eigenvalue weighted by Gasteiger charge is 2.16. The number of hydrogen-bond donors (Lipinski definition) is 0. The molecule has 7 rings (SSSR count). The van der Waals surface area contributed by atoms with E-state index >= 15 is 0 Å². The monoisotopic (exact) mass is 633 g/mol. The molecule has 1 unspecified atom stereocenters. The molecule has 2 heterocycles. The lowest BCUT2D eigenvalue weighted by atomic mass is 9.91. The minimum atomic E-state index is -0.176. The molecule has 0 radical (unpaired) electrons. The van der Waals surface area contributed by atoms with Gasteiger partial charge in [-0.05, 0) is 82.8 Å². The molecule has 2 nitrogen and oxygen atoms in total. The van der Waals surface area contributed by atoms with Crippen molar-refractivity contribution in [2.75, 3.05) is 0 Å². The number of aliphatic imine (C=N–C) groups is 1. The molecule has 0 saturated heterocycles. The van der Waals surface area contributed by atoms with Crippen molar-refractivity contribution in [3.8, 4) is 28.0 Å². The van der Waals surface area contributed by atoms with Gasteiger partial charge in [0.25, 0.3) is 0 Å². The van der Waals surface area contributed by atoms with E-state index < -0.39 is 0 Å². The maximum atomic E-state index is 6.58. The molecule has 0 aliphatic carbocycles. The van der Waals surface area contributed by atoms with Crippen LogP contribution in [0.15, 0.2) is 150 Å². The maximum Gasteiger partial charge on any atom is 0.123 e. The number of rotatable bonds is 7. The molecular weight excluding hydrogens is 591 g/mol. The SMILES string of the molecule is C=C/C=C(\C=C1\C=CC=N1)C(C)Oc1cc(-c2ccc(-c3cccc4c3sc3ccccc34)c3ccccc23)ccc1C.CC.CC. The van der Waals surface area contributed by atoms with Gasteiger partial charge < -0.3 is 4.74 Å². The first-order valence-corrected chi connectivity index (χ1v) is 17.4. The summed E-state index contributed by atoms with van der Waals surface area (Å²) in [5.74, 6) is 0.868. The predicted octanol–water partition coefficient (Wildman–Crippen LogP) is 13.3. The minimum absolute atomic E-state index is 0.176. The van der Waals surface area contributed by atoms with Crippen LogP contribution in [-0.2, 0) is 0 Å². The van der Waals surface area contributed by atoms with Crippen molar-refractivity contribution in [3.05, 3.63) is 151 Å². The Hall–Kier alpha value is -4.99. The molecule has 0 fully saturated rings. The summed E-state index contributed by atoms with van der Waals surface area (Å²) in [7, 11) is 0. The fourth-order valence-electron chi connectivity index (χ4n) is 5.90. The number of allylic oxidation sites excluding steroid dienone is 4. The molecule has 5 aromatic carbocycles. The summed E-state index contributed by atoms with van der Waals surface area (Å²) < 4.78 is 9.23. The van der Waals surface area contributed by atoms with E-state index in [4.69, 9.17) is 4.74 Å². The van der Waals surface area contributed by atoms with Gasteiger partial charge >= 0.3 is 0 Å². The molecule has 47 heavy (non-hydrogen) atoms. The van der Waals surface area contributed by atoms with Gasteiger partial charge in [-0.25, -0.2) is 0 Å². The lowest BCUT2D eigenvalue weighted by molar-refractivity contribution is 0.259. The number of hydrogen-bond acceptors (Lipinski definition) is 3. The van der Waals surface area contributed by atoms with Crippen LogP contribution in [0.4, 0.5) is 0 Å². The van der Waals surface area contributed by atoms with Gasteiger partial charge in [0.2, 0.25) is 0 Å². The molecule has 1 aliphatic heterocycles. The second-order valence-corrected chi connectivity index (χ2v) is 11.9. The quantitative estimate of drug-likeness (QED) is 0.160. The highest BCUT2D eigenvalue weighted by Crippen LogP contribution is 2.43. The average molecular weight is 634 g/mol. The van der Waals surface area contributed by atoms with Gasteiger partial charge in [0, 0.05) is 32.0 Å². The van der Waals surface area contributed by atoms with E-state index in [0.29, 0.717) is 0 Å². The van der Waals surface area contributed by atoms with Crippen molar-refractivity contribution in [2.45, 2.75) is 47.6 Å². The molecule has 0 spiro atoms. The van der Waals surface area contributed by atoms with Crippen LogP contribution < -0.4 is 4.74 Å². The van der Waals surface area contributed by atoms with E-state index in [1.165, 1.54) is 47.6 Å². The number of fused-ring (bicyclic) bond motifs is 4. The fourth-order valence-corrected chi connectivity index (χ4v) is 7.14. The zero-order valence-corrected chi connectivity index (χ0v) is 29.1. The Morgan fingerprint density at radius 3 is 2.17 bits per heavy atom. The predicted molar refractivity (Wildman–Crippen MR) is 209 cm³/mol. The van der Waals surface area contributed by atoms with E-state index in [9.17, 15) is 0 Å². The summed E-state index contributed by atoms with van der Waals surface area (Å²) >= 11 is 1.87. The molecule has 3 heteroatoms. The third kappa shape index (κ3) is 6.91. The molecule has 6 aromatic rings. The van der Waals surface area contributed by atoms with Gasteiger partial charge in [0.1, 0.15) is 11.9 Å². The smallest absolute Gasteiger partial charge is 0.123 e. The van der Waals surface area contributed by atoms with Crippen LogP contribution in [0.3, 0.4) is 0 Å². The van der Waals surface area contributed by atoms with Crippen molar-refractivity contribution in [2.24, 2.45) is 4.99 Å². The van der Waals surface area contributed by atoms with E-state index in [1.54, 1.807) is 12.3 Å². The molecule has 0 saturated carbocycles. The Labute approximate surface area is 283 Å². The van der Waals surface area contributed by atoms with Crippen molar-refractivity contribution in [1.82, 2.24) is 0 Å². The van der Waals surface area contributed by atoms with Crippen LogP contribution in [0.5, 0.6) is 5.75 Å². The molecule has 1 atom stereocenters. The molecule has 236 valence electrons. The topological polar surface area (TPSA) is 21.6 Å². The van der Waals surface area contributed by atoms with Gasteiger partial charge in [-0.15, -0.1) is 11.3 Å². The average Bonchev–Trinajstić information content (AvgIpc) is 3.78. The number of benzene rings is 5. The minimum Gasteiger partial charge on any atom is -0.486 e. The molecular formula is C44H43NOS. The van der Waals surface area contributed by atoms with E-state index in [0.717, 1.165) is 28.1 Å². The zero-order valence-electron chi connectivity index (χ0n) is 28.2. The molecule has 1 aliphatic rings. The van der Waals surface area contributed by atoms with Crippen molar-refractivity contribution >= 4 is 48.5 Å². The Balaban J connectivity index is 0.00000105. The van der Waals surface area contributed by atoms with Gasteiger partial charge in [0.15, 0.2) is 0 Å². The lowest BCUT2D eigenvalue weighted by Gasteiger charge is -2.19. The van der Waals surface area contributed by atoms with Gasteiger partial charge in [-0.2, -0.15) is 0 Å². The normalized spacial score (nSPS) is 13.7. The first kappa shape index (κ1) is 33.4. The van der Waals surface area contributed by atoms with Gasteiger partial charge in [-0.1, -0.05) is 131 Å². The Morgan fingerprint density at radius 2 is 1.45 bits per heavy atom. The zero-order chi connectivity index (χ0) is 33.3. The number of nitrogens with zero attached hydrogens (tertiary/aromatic N) is 1. The first-order chi connectivity index (χ1) is 23.1. The molecule has 0 amide bonds.